The number of primary amides is 1. The molecule has 0 bridgehead atoms. The number of hydrogen-bond donors (Lipinski definition) is 2. The minimum Gasteiger partial charge on any atom is -0.368 e. The first kappa shape index (κ1) is 14.9. The van der Waals surface area contributed by atoms with Crippen molar-refractivity contribution in [3.05, 3.63) is 40.3 Å². The van der Waals surface area contributed by atoms with Gasteiger partial charge in [0.1, 0.15) is 11.4 Å². The summed E-state index contributed by atoms with van der Waals surface area (Å²) in [6.45, 7) is 2.26. The summed E-state index contributed by atoms with van der Waals surface area (Å²) in [4.78, 5) is 17.9. The standard InChI is InChI=1S/C11H15FN6O/c1-11(10(13)19,16-3-2-4-17-18-14)8-5-9(12)7-15-6-8/h5-7,16H,2-4H2,1H3,(H2,13,19). The van der Waals surface area contributed by atoms with Crippen LogP contribution in [0.15, 0.2) is 23.6 Å². The molecule has 0 fully saturated rings. The van der Waals surface area contributed by atoms with E-state index in [1.165, 1.54) is 12.3 Å². The summed E-state index contributed by atoms with van der Waals surface area (Å²) in [5.74, 6) is -1.18. The van der Waals surface area contributed by atoms with Crippen molar-refractivity contribution >= 4 is 5.91 Å². The summed E-state index contributed by atoms with van der Waals surface area (Å²) in [6.07, 6.45) is 2.97. The van der Waals surface area contributed by atoms with Gasteiger partial charge in [-0.1, -0.05) is 5.11 Å². The van der Waals surface area contributed by atoms with Gasteiger partial charge in [0.25, 0.3) is 0 Å². The SMILES string of the molecule is CC(NCCCN=[N+]=[N-])(C(N)=O)c1cncc(F)c1. The van der Waals surface area contributed by atoms with E-state index in [1.807, 2.05) is 0 Å². The van der Waals surface area contributed by atoms with Crippen LogP contribution in [0.1, 0.15) is 18.9 Å². The first-order valence-corrected chi connectivity index (χ1v) is 5.67. The van der Waals surface area contributed by atoms with Crippen molar-refractivity contribution in [2.24, 2.45) is 10.8 Å². The van der Waals surface area contributed by atoms with Gasteiger partial charge in [0.15, 0.2) is 0 Å². The van der Waals surface area contributed by atoms with Crippen LogP contribution in [0.25, 0.3) is 10.4 Å². The summed E-state index contributed by atoms with van der Waals surface area (Å²) >= 11 is 0. The molecule has 0 saturated carbocycles. The molecule has 0 aromatic carbocycles. The number of rotatable bonds is 7. The van der Waals surface area contributed by atoms with Crippen LogP contribution in [0.4, 0.5) is 4.39 Å². The molecule has 1 aromatic heterocycles. The second kappa shape index (κ2) is 6.67. The molecule has 1 rings (SSSR count). The lowest BCUT2D eigenvalue weighted by molar-refractivity contribution is -0.124. The number of nitrogens with one attached hydrogen (secondary N) is 1. The van der Waals surface area contributed by atoms with E-state index in [0.717, 1.165) is 6.20 Å². The molecule has 102 valence electrons. The first-order valence-electron chi connectivity index (χ1n) is 5.67. The Morgan fingerprint density at radius 1 is 1.68 bits per heavy atom. The Morgan fingerprint density at radius 2 is 2.42 bits per heavy atom. The molecule has 0 aliphatic rings. The molecule has 0 radical (unpaired) electrons. The van der Waals surface area contributed by atoms with Crippen LogP contribution in [0.5, 0.6) is 0 Å². The minimum atomic E-state index is -1.22. The Labute approximate surface area is 109 Å². The van der Waals surface area contributed by atoms with Gasteiger partial charge < -0.3 is 5.73 Å². The number of aromatic nitrogens is 1. The molecular weight excluding hydrogens is 251 g/mol. The molecule has 0 saturated heterocycles. The highest BCUT2D eigenvalue weighted by atomic mass is 19.1. The van der Waals surface area contributed by atoms with Crippen LogP contribution in [0.3, 0.4) is 0 Å². The monoisotopic (exact) mass is 266 g/mol. The maximum atomic E-state index is 13.2. The Bertz CT molecular complexity index is 502. The van der Waals surface area contributed by atoms with Crippen molar-refractivity contribution in [1.82, 2.24) is 10.3 Å². The number of nitrogens with two attached hydrogens (primary N) is 1. The maximum Gasteiger partial charge on any atom is 0.242 e. The third-order valence-corrected chi connectivity index (χ3v) is 2.75. The fourth-order valence-corrected chi connectivity index (χ4v) is 1.55. The van der Waals surface area contributed by atoms with E-state index in [1.54, 1.807) is 6.92 Å². The molecule has 1 aromatic rings. The van der Waals surface area contributed by atoms with Crippen molar-refractivity contribution in [3.8, 4) is 0 Å². The topological polar surface area (TPSA) is 117 Å². The summed E-state index contributed by atoms with van der Waals surface area (Å²) < 4.78 is 13.2. The average Bonchev–Trinajstić information content (AvgIpc) is 2.38. The minimum absolute atomic E-state index is 0.305. The number of azide groups is 1. The van der Waals surface area contributed by atoms with Gasteiger partial charge in [0.2, 0.25) is 5.91 Å². The maximum absolute atomic E-state index is 13.2. The molecule has 1 heterocycles. The largest absolute Gasteiger partial charge is 0.368 e. The van der Waals surface area contributed by atoms with Crippen molar-refractivity contribution in [3.63, 3.8) is 0 Å². The summed E-state index contributed by atoms with van der Waals surface area (Å²) in [6, 6.07) is 1.21. The number of pyridine rings is 1. The van der Waals surface area contributed by atoms with Crippen molar-refractivity contribution in [2.75, 3.05) is 13.1 Å². The van der Waals surface area contributed by atoms with Crippen molar-refractivity contribution < 1.29 is 9.18 Å². The summed E-state index contributed by atoms with van der Waals surface area (Å²) in [5, 5.41) is 6.31. The van der Waals surface area contributed by atoms with Gasteiger partial charge >= 0.3 is 0 Å². The second-order valence-electron chi connectivity index (χ2n) is 4.12. The van der Waals surface area contributed by atoms with Crippen LogP contribution in [-0.4, -0.2) is 24.0 Å². The zero-order valence-corrected chi connectivity index (χ0v) is 10.5. The van der Waals surface area contributed by atoms with E-state index in [0.29, 0.717) is 25.1 Å². The molecular formula is C11H15FN6O. The lowest BCUT2D eigenvalue weighted by Crippen LogP contribution is -2.50. The Kier molecular flexibility index (Phi) is 5.23. The highest BCUT2D eigenvalue weighted by molar-refractivity contribution is 5.85. The molecule has 8 heteroatoms. The van der Waals surface area contributed by atoms with E-state index in [9.17, 15) is 9.18 Å². The molecule has 0 spiro atoms. The number of halogens is 1. The van der Waals surface area contributed by atoms with Crippen LogP contribution in [0, 0.1) is 5.82 Å². The first-order chi connectivity index (χ1) is 9.00. The lowest BCUT2D eigenvalue weighted by atomic mass is 9.92. The van der Waals surface area contributed by atoms with Gasteiger partial charge in [-0.15, -0.1) is 0 Å². The third-order valence-electron chi connectivity index (χ3n) is 2.75. The molecule has 19 heavy (non-hydrogen) atoms. The highest BCUT2D eigenvalue weighted by Crippen LogP contribution is 2.20. The van der Waals surface area contributed by atoms with Gasteiger partial charge in [0.05, 0.1) is 6.20 Å². The van der Waals surface area contributed by atoms with Crippen LogP contribution in [0.2, 0.25) is 0 Å². The molecule has 1 unspecified atom stereocenters. The van der Waals surface area contributed by atoms with E-state index in [4.69, 9.17) is 11.3 Å². The van der Waals surface area contributed by atoms with E-state index in [2.05, 4.69) is 20.3 Å². The zero-order valence-electron chi connectivity index (χ0n) is 10.5. The zero-order chi connectivity index (χ0) is 14.3. The van der Waals surface area contributed by atoms with E-state index in [-0.39, 0.29) is 0 Å². The molecule has 1 amide bonds. The van der Waals surface area contributed by atoms with Gasteiger partial charge in [-0.3, -0.25) is 15.1 Å². The number of nitrogens with zero attached hydrogens (tertiary/aromatic N) is 4. The summed E-state index contributed by atoms with van der Waals surface area (Å²) in [7, 11) is 0. The quantitative estimate of drug-likeness (QED) is 0.334. The normalized spacial score (nSPS) is 13.4. The number of amides is 1. The predicted octanol–water partition coefficient (Wildman–Crippen LogP) is 1.21. The Hall–Kier alpha value is -2.18. The van der Waals surface area contributed by atoms with Crippen molar-refractivity contribution in [2.45, 2.75) is 18.9 Å². The number of carbonyl (C=O) groups is 1. The molecule has 1 atom stereocenters. The fourth-order valence-electron chi connectivity index (χ4n) is 1.55. The highest BCUT2D eigenvalue weighted by Gasteiger charge is 2.33. The van der Waals surface area contributed by atoms with Crippen LogP contribution < -0.4 is 11.1 Å². The molecule has 0 aliphatic carbocycles. The van der Waals surface area contributed by atoms with Crippen LogP contribution >= 0.6 is 0 Å². The van der Waals surface area contributed by atoms with Gasteiger partial charge in [-0.05, 0) is 31.5 Å². The van der Waals surface area contributed by atoms with Crippen molar-refractivity contribution in [1.29, 1.82) is 0 Å². The van der Waals surface area contributed by atoms with Gasteiger partial charge in [-0.25, -0.2) is 4.39 Å². The fraction of sp³-hybridized carbons (Fsp3) is 0.455. The second-order valence-corrected chi connectivity index (χ2v) is 4.12. The van der Waals surface area contributed by atoms with Gasteiger partial charge in [-0.2, -0.15) is 0 Å². The Morgan fingerprint density at radius 3 is 3.00 bits per heavy atom. The van der Waals surface area contributed by atoms with E-state index >= 15 is 0 Å². The lowest BCUT2D eigenvalue weighted by Gasteiger charge is -2.27. The van der Waals surface area contributed by atoms with Gasteiger partial charge in [0, 0.05) is 23.2 Å². The third kappa shape index (κ3) is 3.90. The average molecular weight is 266 g/mol. The molecule has 7 nitrogen and oxygen atoms in total. The van der Waals surface area contributed by atoms with Crippen LogP contribution in [-0.2, 0) is 10.3 Å². The number of hydrogen-bond acceptors (Lipinski definition) is 4. The predicted molar refractivity (Wildman–Crippen MR) is 67.4 cm³/mol. The summed E-state index contributed by atoms with van der Waals surface area (Å²) in [5.41, 5.74) is 12.6. The Balaban J connectivity index is 2.80. The smallest absolute Gasteiger partial charge is 0.242 e. The molecule has 3 N–H and O–H groups in total. The molecule has 0 aliphatic heterocycles. The van der Waals surface area contributed by atoms with E-state index < -0.39 is 17.3 Å². The number of carbonyl (C=O) groups excluding carboxylic acids is 1.